The highest BCUT2D eigenvalue weighted by Gasteiger charge is 2.30. The summed E-state index contributed by atoms with van der Waals surface area (Å²) in [6.07, 6.45) is 2.40. The number of imidazole rings is 1. The molecule has 0 atom stereocenters. The van der Waals surface area contributed by atoms with E-state index in [0.717, 1.165) is 30.4 Å². The van der Waals surface area contributed by atoms with Crippen LogP contribution in [0.15, 0.2) is 24.3 Å². The predicted molar refractivity (Wildman–Crippen MR) is 66.9 cm³/mol. The summed E-state index contributed by atoms with van der Waals surface area (Å²) >= 11 is 0. The van der Waals surface area contributed by atoms with Gasteiger partial charge in [0.15, 0.2) is 0 Å². The molecule has 17 heavy (non-hydrogen) atoms. The summed E-state index contributed by atoms with van der Waals surface area (Å²) in [6, 6.07) is 8.78. The van der Waals surface area contributed by atoms with Gasteiger partial charge in [-0.25, -0.2) is 0 Å². The summed E-state index contributed by atoms with van der Waals surface area (Å²) in [5.41, 5.74) is 7.70. The van der Waals surface area contributed by atoms with E-state index in [0.29, 0.717) is 18.0 Å². The lowest BCUT2D eigenvalue weighted by atomic mass is 9.82. The van der Waals surface area contributed by atoms with Gasteiger partial charge in [-0.05, 0) is 37.4 Å². The van der Waals surface area contributed by atoms with Gasteiger partial charge in [-0.1, -0.05) is 12.1 Å². The molecule has 0 radical (unpaired) electrons. The lowest BCUT2D eigenvalue weighted by Crippen LogP contribution is -2.38. The summed E-state index contributed by atoms with van der Waals surface area (Å²) in [5, 5.41) is 0. The first kappa shape index (κ1) is 10.6. The van der Waals surface area contributed by atoms with Gasteiger partial charge < -0.3 is 10.5 Å². The molecule has 0 saturated heterocycles. The number of para-hydroxylation sites is 2. The zero-order valence-electron chi connectivity index (χ0n) is 9.97. The van der Waals surface area contributed by atoms with Crippen LogP contribution < -0.4 is 10.5 Å². The molecule has 0 spiro atoms. The molecule has 90 valence electrons. The third kappa shape index (κ3) is 1.78. The average Bonchev–Trinajstić information content (AvgIpc) is 2.61. The molecular weight excluding hydrogens is 214 g/mol. The Bertz CT molecular complexity index is 528. The summed E-state index contributed by atoms with van der Waals surface area (Å²) in [6.45, 7) is 0.766. The van der Waals surface area contributed by atoms with Crippen LogP contribution in [0.2, 0.25) is 0 Å². The average molecular weight is 231 g/mol. The third-order valence-corrected chi connectivity index (χ3v) is 3.54. The fourth-order valence-electron chi connectivity index (χ4n) is 2.34. The number of benzene rings is 1. The van der Waals surface area contributed by atoms with Crippen molar-refractivity contribution in [2.75, 3.05) is 6.54 Å². The Morgan fingerprint density at radius 2 is 2.18 bits per heavy atom. The molecule has 1 aliphatic carbocycles. The molecule has 1 heterocycles. The van der Waals surface area contributed by atoms with Gasteiger partial charge in [0.05, 0.1) is 11.0 Å². The van der Waals surface area contributed by atoms with Crippen molar-refractivity contribution in [3.63, 3.8) is 0 Å². The predicted octanol–water partition coefficient (Wildman–Crippen LogP) is 1.69. The van der Waals surface area contributed by atoms with E-state index in [-0.39, 0.29) is 0 Å². The molecule has 0 aliphatic heterocycles. The molecule has 0 amide bonds. The fourth-order valence-corrected chi connectivity index (χ4v) is 2.34. The van der Waals surface area contributed by atoms with Gasteiger partial charge in [-0.15, -0.1) is 0 Å². The third-order valence-electron chi connectivity index (χ3n) is 3.54. The van der Waals surface area contributed by atoms with Crippen molar-refractivity contribution in [3.8, 4) is 6.01 Å². The smallest absolute Gasteiger partial charge is 0.297 e. The van der Waals surface area contributed by atoms with Crippen molar-refractivity contribution < 1.29 is 4.74 Å². The second-order valence-electron chi connectivity index (χ2n) is 4.76. The first-order valence-corrected chi connectivity index (χ1v) is 6.06. The summed E-state index contributed by atoms with van der Waals surface area (Å²) in [4.78, 5) is 4.49. The highest BCUT2D eigenvalue weighted by molar-refractivity contribution is 5.76. The Hall–Kier alpha value is -1.55. The molecule has 1 aromatic carbocycles. The first-order valence-electron chi connectivity index (χ1n) is 6.06. The number of nitrogens with two attached hydrogens (primary N) is 1. The lowest BCUT2D eigenvalue weighted by Gasteiger charge is -2.33. The van der Waals surface area contributed by atoms with Crippen LogP contribution in [0.5, 0.6) is 6.01 Å². The van der Waals surface area contributed by atoms with E-state index in [4.69, 9.17) is 10.5 Å². The van der Waals surface area contributed by atoms with Gasteiger partial charge >= 0.3 is 0 Å². The van der Waals surface area contributed by atoms with Gasteiger partial charge in [-0.3, -0.25) is 4.57 Å². The summed E-state index contributed by atoms with van der Waals surface area (Å²) < 4.78 is 7.90. The van der Waals surface area contributed by atoms with Crippen molar-refractivity contribution in [1.29, 1.82) is 0 Å². The zero-order valence-corrected chi connectivity index (χ0v) is 9.97. The van der Waals surface area contributed by atoms with Crippen molar-refractivity contribution in [1.82, 2.24) is 9.55 Å². The van der Waals surface area contributed by atoms with Crippen LogP contribution >= 0.6 is 0 Å². The van der Waals surface area contributed by atoms with E-state index in [2.05, 4.69) is 11.1 Å². The van der Waals surface area contributed by atoms with E-state index in [1.54, 1.807) is 0 Å². The van der Waals surface area contributed by atoms with Gasteiger partial charge in [0, 0.05) is 7.05 Å². The van der Waals surface area contributed by atoms with E-state index >= 15 is 0 Å². The minimum atomic E-state index is 0.291. The van der Waals surface area contributed by atoms with Gasteiger partial charge in [0.25, 0.3) is 6.01 Å². The second kappa shape index (κ2) is 4.04. The van der Waals surface area contributed by atoms with Gasteiger partial charge in [-0.2, -0.15) is 4.98 Å². The van der Waals surface area contributed by atoms with Crippen molar-refractivity contribution >= 4 is 11.0 Å². The number of hydrogen-bond donors (Lipinski definition) is 1. The minimum Gasteiger partial charge on any atom is -0.461 e. The summed E-state index contributed by atoms with van der Waals surface area (Å²) in [5.74, 6) is 0.634. The number of fused-ring (bicyclic) bond motifs is 1. The van der Waals surface area contributed by atoms with Crippen LogP contribution in [0.3, 0.4) is 0 Å². The maximum Gasteiger partial charge on any atom is 0.297 e. The van der Waals surface area contributed by atoms with Crippen LogP contribution in [0, 0.1) is 5.92 Å². The monoisotopic (exact) mass is 231 g/mol. The summed E-state index contributed by atoms with van der Waals surface area (Å²) in [7, 11) is 1.99. The van der Waals surface area contributed by atoms with Crippen molar-refractivity contribution in [2.45, 2.75) is 18.9 Å². The number of ether oxygens (including phenoxy) is 1. The highest BCUT2D eigenvalue weighted by Crippen LogP contribution is 2.31. The highest BCUT2D eigenvalue weighted by atomic mass is 16.5. The number of nitrogens with zero attached hydrogens (tertiary/aromatic N) is 2. The van der Waals surface area contributed by atoms with Crippen LogP contribution in [0.1, 0.15) is 12.8 Å². The van der Waals surface area contributed by atoms with Crippen LogP contribution in [0.4, 0.5) is 0 Å². The van der Waals surface area contributed by atoms with E-state index in [1.807, 2.05) is 29.8 Å². The number of aromatic nitrogens is 2. The normalized spacial score (nSPS) is 23.6. The van der Waals surface area contributed by atoms with Crippen LogP contribution in [0.25, 0.3) is 11.0 Å². The molecule has 1 fully saturated rings. The molecule has 3 rings (SSSR count). The zero-order chi connectivity index (χ0) is 11.8. The molecule has 1 aliphatic rings. The van der Waals surface area contributed by atoms with E-state index in [9.17, 15) is 0 Å². The molecule has 0 bridgehead atoms. The first-order chi connectivity index (χ1) is 8.28. The molecule has 1 aromatic heterocycles. The van der Waals surface area contributed by atoms with Crippen LogP contribution in [-0.2, 0) is 7.05 Å². The molecule has 1 saturated carbocycles. The number of aryl methyl sites for hydroxylation is 1. The standard InChI is InChI=1S/C13H17N3O/c1-16-12-5-3-2-4-11(12)15-13(16)17-10-6-9(7-10)8-14/h2-5,9-10H,6-8,14H2,1H3. The van der Waals surface area contributed by atoms with Gasteiger partial charge in [0.2, 0.25) is 0 Å². The molecule has 4 nitrogen and oxygen atoms in total. The Kier molecular flexibility index (Phi) is 2.52. The van der Waals surface area contributed by atoms with E-state index < -0.39 is 0 Å². The number of rotatable bonds is 3. The topological polar surface area (TPSA) is 53.1 Å². The van der Waals surface area contributed by atoms with Gasteiger partial charge in [0.1, 0.15) is 6.10 Å². The van der Waals surface area contributed by atoms with Crippen molar-refractivity contribution in [3.05, 3.63) is 24.3 Å². The maximum atomic E-state index is 5.89. The number of hydrogen-bond acceptors (Lipinski definition) is 3. The van der Waals surface area contributed by atoms with E-state index in [1.165, 1.54) is 0 Å². The fraction of sp³-hybridized carbons (Fsp3) is 0.462. The second-order valence-corrected chi connectivity index (χ2v) is 4.76. The maximum absolute atomic E-state index is 5.89. The molecule has 2 aromatic rings. The molecule has 2 N–H and O–H groups in total. The largest absolute Gasteiger partial charge is 0.461 e. The lowest BCUT2D eigenvalue weighted by molar-refractivity contribution is 0.0582. The molecular formula is C13H17N3O. The Morgan fingerprint density at radius 1 is 1.41 bits per heavy atom. The Morgan fingerprint density at radius 3 is 2.88 bits per heavy atom. The van der Waals surface area contributed by atoms with Crippen LogP contribution in [-0.4, -0.2) is 22.2 Å². The molecule has 0 unspecified atom stereocenters. The Labute approximate surface area is 100 Å². The quantitative estimate of drug-likeness (QED) is 0.874. The SMILES string of the molecule is Cn1c(OC2CC(CN)C2)nc2ccccc21. The Balaban J connectivity index is 1.79. The molecule has 4 heteroatoms. The van der Waals surface area contributed by atoms with Crippen molar-refractivity contribution in [2.24, 2.45) is 18.7 Å². The minimum absolute atomic E-state index is 0.291.